The second-order valence-corrected chi connectivity index (χ2v) is 7.67. The summed E-state index contributed by atoms with van der Waals surface area (Å²) in [5.41, 5.74) is 1.86. The third-order valence-electron chi connectivity index (χ3n) is 5.45. The van der Waals surface area contributed by atoms with E-state index in [2.05, 4.69) is 10.3 Å². The zero-order chi connectivity index (χ0) is 23.4. The number of amides is 2. The first-order valence-electron chi connectivity index (χ1n) is 10.7. The van der Waals surface area contributed by atoms with E-state index < -0.39 is 12.3 Å². The number of hydrogen-bond donors (Lipinski definition) is 2. The molecule has 1 aromatic heterocycles. The van der Waals surface area contributed by atoms with E-state index in [1.54, 1.807) is 11.0 Å². The number of nitrogens with zero attached hydrogens (tertiary/aromatic N) is 3. The number of aliphatic hydroxyl groups excluding tert-OH is 1. The summed E-state index contributed by atoms with van der Waals surface area (Å²) in [7, 11) is 0. The van der Waals surface area contributed by atoms with Gasteiger partial charge < -0.3 is 19.3 Å². The summed E-state index contributed by atoms with van der Waals surface area (Å²) in [6.07, 6.45) is -1.46. The van der Waals surface area contributed by atoms with Gasteiger partial charge in [-0.2, -0.15) is 0 Å². The average molecular weight is 458 g/mol. The first kappa shape index (κ1) is 22.8. The zero-order valence-electron chi connectivity index (χ0n) is 17.8. The summed E-state index contributed by atoms with van der Waals surface area (Å²) in [6.45, 7) is 1.42. The van der Waals surface area contributed by atoms with Gasteiger partial charge in [-0.1, -0.05) is 12.1 Å². The third-order valence-corrected chi connectivity index (χ3v) is 5.45. The summed E-state index contributed by atoms with van der Waals surface area (Å²) in [4.78, 5) is 31.2. The Labute approximate surface area is 188 Å². The minimum Gasteiger partial charge on any atom is -0.396 e. The molecule has 0 bridgehead atoms. The molecule has 2 aromatic carbocycles. The summed E-state index contributed by atoms with van der Waals surface area (Å²) < 4.78 is 33.0. The minimum atomic E-state index is -2.68. The number of carbonyl (C=O) groups excluding carboxylic acids is 2. The lowest BCUT2D eigenvalue weighted by Crippen LogP contribution is -2.41. The molecular weight excluding hydrogens is 434 g/mol. The first-order chi connectivity index (χ1) is 16.0. The molecule has 1 fully saturated rings. The number of aryl methyl sites for hydroxylation is 1. The van der Waals surface area contributed by atoms with Crippen molar-refractivity contribution in [1.29, 1.82) is 0 Å². The molecular formula is C23H24F2N4O4. The normalized spacial score (nSPS) is 14.3. The maximum Gasteiger partial charge on any atom is 0.263 e. The van der Waals surface area contributed by atoms with E-state index in [9.17, 15) is 18.4 Å². The molecule has 0 unspecified atom stereocenters. The number of ether oxygens (including phenoxy) is 1. The number of hydrogen-bond acceptors (Lipinski definition) is 5. The standard InChI is InChI=1S/C23H24F2N4O4/c24-21(25)15-4-3-5-16(12-15)22(32)27-23-26-18-13-17(28-9-11-33-14-20(28)31)6-7-19(18)29(23)8-1-2-10-30/h3-7,12-13,21,30H,1-2,8-11,14H2,(H,26,27,32). The maximum absolute atomic E-state index is 13.0. The average Bonchev–Trinajstić information content (AvgIpc) is 3.15. The van der Waals surface area contributed by atoms with Crippen molar-refractivity contribution in [1.82, 2.24) is 9.55 Å². The fourth-order valence-corrected chi connectivity index (χ4v) is 3.77. The Balaban J connectivity index is 1.66. The number of benzene rings is 2. The number of aromatic nitrogens is 2. The van der Waals surface area contributed by atoms with E-state index in [1.807, 2.05) is 16.7 Å². The van der Waals surface area contributed by atoms with Crippen molar-refractivity contribution in [2.24, 2.45) is 0 Å². The lowest BCUT2D eigenvalue weighted by molar-refractivity contribution is -0.125. The molecule has 2 heterocycles. The smallest absolute Gasteiger partial charge is 0.263 e. The van der Waals surface area contributed by atoms with E-state index in [4.69, 9.17) is 9.84 Å². The SMILES string of the molecule is O=C(Nc1nc2cc(N3CCOCC3=O)ccc2n1CCCCO)c1cccc(C(F)F)c1. The number of rotatable bonds is 8. The van der Waals surface area contributed by atoms with Crippen LogP contribution in [0.15, 0.2) is 42.5 Å². The fraction of sp³-hybridized carbons (Fsp3) is 0.348. The monoisotopic (exact) mass is 458 g/mol. The molecule has 1 saturated heterocycles. The van der Waals surface area contributed by atoms with Gasteiger partial charge in [-0.3, -0.25) is 14.9 Å². The number of halogens is 2. The number of anilines is 2. The van der Waals surface area contributed by atoms with Gasteiger partial charge in [-0.25, -0.2) is 13.8 Å². The topological polar surface area (TPSA) is 96.7 Å². The van der Waals surface area contributed by atoms with E-state index in [0.29, 0.717) is 43.7 Å². The Hall–Kier alpha value is -3.37. The highest BCUT2D eigenvalue weighted by atomic mass is 19.3. The van der Waals surface area contributed by atoms with Crippen LogP contribution in [0.4, 0.5) is 20.4 Å². The van der Waals surface area contributed by atoms with Gasteiger partial charge in [0.15, 0.2) is 0 Å². The van der Waals surface area contributed by atoms with Gasteiger partial charge in [0.05, 0.1) is 17.6 Å². The van der Waals surface area contributed by atoms with Crippen LogP contribution in [0.5, 0.6) is 0 Å². The Kier molecular flexibility index (Phi) is 6.95. The predicted octanol–water partition coefficient (Wildman–Crippen LogP) is 3.36. The molecule has 1 aliphatic heterocycles. The predicted molar refractivity (Wildman–Crippen MR) is 119 cm³/mol. The van der Waals surface area contributed by atoms with E-state index in [1.165, 1.54) is 18.2 Å². The number of fused-ring (bicyclic) bond motifs is 1. The van der Waals surface area contributed by atoms with Gasteiger partial charge in [-0.15, -0.1) is 0 Å². The minimum absolute atomic E-state index is 0.0205. The largest absolute Gasteiger partial charge is 0.396 e. The molecule has 174 valence electrons. The highest BCUT2D eigenvalue weighted by Gasteiger charge is 2.22. The van der Waals surface area contributed by atoms with Gasteiger partial charge >= 0.3 is 0 Å². The van der Waals surface area contributed by atoms with Crippen LogP contribution in [-0.4, -0.2) is 52.8 Å². The van der Waals surface area contributed by atoms with Gasteiger partial charge in [0.1, 0.15) is 6.61 Å². The van der Waals surface area contributed by atoms with Crippen LogP contribution in [0.1, 0.15) is 35.2 Å². The summed E-state index contributed by atoms with van der Waals surface area (Å²) in [5.74, 6) is -0.434. The molecule has 1 aliphatic rings. The molecule has 4 rings (SSSR count). The number of alkyl halides is 2. The van der Waals surface area contributed by atoms with Crippen LogP contribution in [0.3, 0.4) is 0 Å². The Morgan fingerprint density at radius 3 is 2.82 bits per heavy atom. The molecule has 0 aliphatic carbocycles. The van der Waals surface area contributed by atoms with Crippen molar-refractivity contribution >= 4 is 34.5 Å². The van der Waals surface area contributed by atoms with E-state index >= 15 is 0 Å². The molecule has 0 spiro atoms. The van der Waals surface area contributed by atoms with Crippen LogP contribution >= 0.6 is 0 Å². The van der Waals surface area contributed by atoms with Gasteiger partial charge in [0, 0.05) is 36.5 Å². The first-order valence-corrected chi connectivity index (χ1v) is 10.7. The Morgan fingerprint density at radius 1 is 1.21 bits per heavy atom. The highest BCUT2D eigenvalue weighted by molar-refractivity contribution is 6.04. The Morgan fingerprint density at radius 2 is 2.06 bits per heavy atom. The number of aliphatic hydroxyl groups is 1. The maximum atomic E-state index is 13.0. The van der Waals surface area contributed by atoms with E-state index in [0.717, 1.165) is 11.6 Å². The number of carbonyl (C=O) groups is 2. The number of morpholine rings is 1. The third kappa shape index (κ3) is 5.01. The Bertz CT molecular complexity index is 1160. The van der Waals surface area contributed by atoms with Crippen LogP contribution in [0, 0.1) is 0 Å². The number of imidazole rings is 1. The number of unbranched alkanes of at least 4 members (excludes halogenated alkanes) is 1. The lowest BCUT2D eigenvalue weighted by Gasteiger charge is -2.26. The molecule has 0 atom stereocenters. The van der Waals surface area contributed by atoms with Gasteiger partial charge in [0.2, 0.25) is 5.95 Å². The van der Waals surface area contributed by atoms with Crippen molar-refractivity contribution in [3.8, 4) is 0 Å². The molecule has 3 aromatic rings. The van der Waals surface area contributed by atoms with Crippen molar-refractivity contribution in [2.45, 2.75) is 25.8 Å². The van der Waals surface area contributed by atoms with Crippen LogP contribution in [-0.2, 0) is 16.1 Å². The summed E-state index contributed by atoms with van der Waals surface area (Å²) in [5, 5.41) is 11.9. The molecule has 2 amide bonds. The van der Waals surface area contributed by atoms with Crippen molar-refractivity contribution in [3.63, 3.8) is 0 Å². The fourth-order valence-electron chi connectivity index (χ4n) is 3.77. The quantitative estimate of drug-likeness (QED) is 0.505. The lowest BCUT2D eigenvalue weighted by atomic mass is 10.1. The molecule has 10 heteroatoms. The van der Waals surface area contributed by atoms with Gasteiger partial charge in [0.25, 0.3) is 18.2 Å². The van der Waals surface area contributed by atoms with Crippen LogP contribution < -0.4 is 10.2 Å². The molecule has 0 radical (unpaired) electrons. The summed E-state index contributed by atoms with van der Waals surface area (Å²) >= 11 is 0. The van der Waals surface area contributed by atoms with Crippen molar-refractivity contribution in [2.75, 3.05) is 36.6 Å². The second kappa shape index (κ2) is 10.1. The van der Waals surface area contributed by atoms with E-state index in [-0.39, 0.29) is 36.2 Å². The second-order valence-electron chi connectivity index (χ2n) is 7.67. The van der Waals surface area contributed by atoms with Crippen LogP contribution in [0.2, 0.25) is 0 Å². The molecule has 2 N–H and O–H groups in total. The van der Waals surface area contributed by atoms with Crippen molar-refractivity contribution < 1.29 is 28.2 Å². The van der Waals surface area contributed by atoms with Gasteiger partial charge in [-0.05, 0) is 43.2 Å². The highest BCUT2D eigenvalue weighted by Crippen LogP contribution is 2.27. The zero-order valence-corrected chi connectivity index (χ0v) is 17.8. The molecule has 8 nitrogen and oxygen atoms in total. The number of nitrogens with one attached hydrogen (secondary N) is 1. The van der Waals surface area contributed by atoms with Crippen LogP contribution in [0.25, 0.3) is 11.0 Å². The van der Waals surface area contributed by atoms with Crippen molar-refractivity contribution in [3.05, 3.63) is 53.6 Å². The molecule has 0 saturated carbocycles. The molecule has 33 heavy (non-hydrogen) atoms. The summed E-state index contributed by atoms with van der Waals surface area (Å²) in [6, 6.07) is 10.7.